The van der Waals surface area contributed by atoms with E-state index in [0.29, 0.717) is 45.2 Å². The molecule has 1 aliphatic rings. The number of rotatable bonds is 20. The molecule has 3 heterocycles. The van der Waals surface area contributed by atoms with E-state index in [1.54, 1.807) is 21.8 Å². The summed E-state index contributed by atoms with van der Waals surface area (Å²) >= 11 is 0. The molecular weight excluding hydrogens is 1060 g/mol. The first-order chi connectivity index (χ1) is 38.0. The summed E-state index contributed by atoms with van der Waals surface area (Å²) < 4.78 is 3.24. The largest absolute Gasteiger partial charge is 0.481 e. The van der Waals surface area contributed by atoms with Gasteiger partial charge in [0.25, 0.3) is 0 Å². The molecular formula is C47H74N18O15. The first-order valence-electron chi connectivity index (χ1n) is 26.1. The quantitative estimate of drug-likeness (QED) is 0.0336. The van der Waals surface area contributed by atoms with Crippen molar-refractivity contribution in [2.45, 2.75) is 172 Å². The van der Waals surface area contributed by atoms with Gasteiger partial charge in [-0.15, -0.1) is 10.2 Å². The summed E-state index contributed by atoms with van der Waals surface area (Å²) in [7, 11) is 0. The molecule has 33 heteroatoms. The van der Waals surface area contributed by atoms with Crippen LogP contribution in [0.3, 0.4) is 0 Å². The number of carbonyl (C=O) groups excluding carboxylic acids is 9. The van der Waals surface area contributed by atoms with Gasteiger partial charge in [-0.05, 0) is 89.9 Å². The summed E-state index contributed by atoms with van der Waals surface area (Å²) in [6.45, 7) is 0.232. The number of nitrogens with zero attached hydrogens (tertiary/aromatic N) is 7. The van der Waals surface area contributed by atoms with E-state index in [0.717, 1.165) is 37.6 Å². The molecule has 0 unspecified atom stereocenters. The van der Waals surface area contributed by atoms with Gasteiger partial charge in [0.15, 0.2) is 5.96 Å². The molecule has 9 amide bonds. The zero-order valence-electron chi connectivity index (χ0n) is 44.5. The summed E-state index contributed by atoms with van der Waals surface area (Å²) in [4.78, 5) is 157. The molecule has 0 saturated heterocycles. The van der Waals surface area contributed by atoms with E-state index in [1.165, 1.54) is 0 Å². The Labute approximate surface area is 458 Å². The summed E-state index contributed by atoms with van der Waals surface area (Å²) in [6.07, 6.45) is 5.81. The van der Waals surface area contributed by atoms with Crippen LogP contribution in [0.25, 0.3) is 0 Å². The van der Waals surface area contributed by atoms with Crippen molar-refractivity contribution in [2.75, 3.05) is 19.6 Å². The van der Waals surface area contributed by atoms with Gasteiger partial charge in [0.05, 0.1) is 30.9 Å². The predicted molar refractivity (Wildman–Crippen MR) is 277 cm³/mol. The first kappa shape index (κ1) is 65.5. The molecule has 2 aromatic rings. The Morgan fingerprint density at radius 3 is 1.76 bits per heavy atom. The topological polar surface area (TPSA) is 514 Å². The van der Waals surface area contributed by atoms with E-state index in [2.05, 4.69) is 68.2 Å². The molecule has 0 fully saturated rings. The number of aliphatic carboxylic acids is 3. The van der Waals surface area contributed by atoms with Gasteiger partial charge in [-0.1, -0.05) is 16.8 Å². The number of hydrogen-bond acceptors (Lipinski definition) is 17. The molecule has 2 aromatic heterocycles. The van der Waals surface area contributed by atoms with Crippen molar-refractivity contribution in [2.24, 2.45) is 22.2 Å². The maximum atomic E-state index is 13.9. The minimum atomic E-state index is -1.83. The van der Waals surface area contributed by atoms with E-state index in [9.17, 15) is 67.7 Å². The number of aliphatic imine (C=N–C) groups is 1. The van der Waals surface area contributed by atoms with E-state index in [-0.39, 0.29) is 51.0 Å². The van der Waals surface area contributed by atoms with Gasteiger partial charge in [-0.3, -0.25) is 71.9 Å². The molecule has 0 spiro atoms. The number of aromatic nitrogens is 6. The first-order valence-corrected chi connectivity index (χ1v) is 26.1. The van der Waals surface area contributed by atoms with Gasteiger partial charge in [0.2, 0.25) is 53.2 Å². The van der Waals surface area contributed by atoms with Crippen LogP contribution in [-0.4, -0.2) is 178 Å². The Kier molecular flexibility index (Phi) is 28.5. The van der Waals surface area contributed by atoms with Crippen LogP contribution in [0.1, 0.15) is 121 Å². The zero-order chi connectivity index (χ0) is 59.1. The Morgan fingerprint density at radius 2 is 1.21 bits per heavy atom. The second-order valence-corrected chi connectivity index (χ2v) is 18.9. The van der Waals surface area contributed by atoms with Crippen molar-refractivity contribution in [1.29, 1.82) is 0 Å². The number of aryl methyl sites for hydroxylation is 4. The van der Waals surface area contributed by atoms with E-state index < -0.39 is 146 Å². The second kappa shape index (κ2) is 34.9. The monoisotopic (exact) mass is 1130 g/mol. The molecule has 3 rings (SSSR count). The Morgan fingerprint density at radius 1 is 0.662 bits per heavy atom. The lowest BCUT2D eigenvalue weighted by Crippen LogP contribution is -2.57. The third-order valence-corrected chi connectivity index (χ3v) is 12.2. The third kappa shape index (κ3) is 26.5. The SMILES string of the molecule is CC(=O)N[C@@H](CCCN=C(N)N)C(=O)N[C@@H](CCC(=O)O)C(=O)N[C@H]1CCCCn2cc(nn2)CCCCCc2cn(nn2)CCCC[C@H](C(=O)N[C@H](CCC(=O)O)C(N)=O)NC(=O)CNC(=O)[C@@H](CC(=O)O)NC(=O)CNC1=O. The number of carbonyl (C=O) groups is 12. The maximum absolute atomic E-state index is 13.9. The predicted octanol–water partition coefficient (Wildman–Crippen LogP) is -4.92. The average molecular weight is 1130 g/mol. The van der Waals surface area contributed by atoms with Crippen LogP contribution in [0.15, 0.2) is 17.4 Å². The highest BCUT2D eigenvalue weighted by molar-refractivity contribution is 5.97. The highest BCUT2D eigenvalue weighted by Gasteiger charge is 2.32. The van der Waals surface area contributed by atoms with Crippen molar-refractivity contribution in [3.63, 3.8) is 0 Å². The fourth-order valence-electron chi connectivity index (χ4n) is 8.08. The summed E-state index contributed by atoms with van der Waals surface area (Å²) in [5.74, 6) is -12.9. The maximum Gasteiger partial charge on any atom is 0.305 e. The van der Waals surface area contributed by atoms with Gasteiger partial charge >= 0.3 is 17.9 Å². The van der Waals surface area contributed by atoms with Crippen LogP contribution < -0.4 is 59.7 Å². The summed E-state index contributed by atoms with van der Waals surface area (Å²) in [5, 5.41) is 64.0. The summed E-state index contributed by atoms with van der Waals surface area (Å²) in [5.41, 5.74) is 17.6. The van der Waals surface area contributed by atoms with Crippen LogP contribution >= 0.6 is 0 Å². The number of carboxylic acid groups (broad SMARTS) is 3. The number of amides is 9. The van der Waals surface area contributed by atoms with Crippen molar-refractivity contribution < 1.29 is 72.9 Å². The number of primary amides is 1. The standard InChI is InChI=1S/C47H74N18O15/c1-27(66)54-32(14-9-19-51-47(49)50)44(78)59-34(16-18-39(71)72)46(80)58-31-12-5-7-20-64-25-28(60-62-64)10-3-2-4-11-29-26-65(63-61-29)21-8-6-13-33(45(79)57-30(41(48)75)15-17-38(69)70)55-36(67)23-53-43(77)35(22-40(73)74)56-37(68)24-52-42(31)76/h25-26,30-35H,2-24H2,1H3,(H2,48,75)(H,52,76)(H,53,77)(H,54,66)(H,55,67)(H,56,68)(H,57,79)(H,58,80)(H,59,78)(H,69,70)(H,71,72)(H,73,74)(H4,49,50,51)/t30-,31+,32+,33-,34+,35-/m1/s1. The van der Waals surface area contributed by atoms with Crippen molar-refractivity contribution in [3.05, 3.63) is 23.8 Å². The smallest absolute Gasteiger partial charge is 0.305 e. The lowest BCUT2D eigenvalue weighted by Gasteiger charge is -2.25. The molecule has 33 nitrogen and oxygen atoms in total. The lowest BCUT2D eigenvalue weighted by molar-refractivity contribution is -0.141. The molecule has 4 bridgehead atoms. The molecule has 0 aromatic carbocycles. The normalized spacial score (nSPS) is 18.9. The summed E-state index contributed by atoms with van der Waals surface area (Å²) in [6, 6.07) is -8.81. The number of nitrogens with two attached hydrogens (primary N) is 3. The molecule has 17 N–H and O–H groups in total. The number of nitrogens with one attached hydrogen (secondary N) is 8. The molecule has 6 atom stereocenters. The van der Waals surface area contributed by atoms with E-state index in [1.807, 2.05) is 0 Å². The van der Waals surface area contributed by atoms with Crippen molar-refractivity contribution in [1.82, 2.24) is 72.5 Å². The van der Waals surface area contributed by atoms with Gasteiger partial charge in [0, 0.05) is 51.8 Å². The number of fused-ring (bicyclic) bond motifs is 4. The number of hydrogen-bond donors (Lipinski definition) is 14. The van der Waals surface area contributed by atoms with Crippen LogP contribution in [0.4, 0.5) is 0 Å². The molecule has 0 aliphatic carbocycles. The average Bonchev–Trinajstić information content (AvgIpc) is 4.05. The van der Waals surface area contributed by atoms with Gasteiger partial charge in [-0.25, -0.2) is 0 Å². The highest BCUT2D eigenvalue weighted by Crippen LogP contribution is 2.12. The molecule has 0 saturated carbocycles. The van der Waals surface area contributed by atoms with Crippen LogP contribution in [0, 0.1) is 0 Å². The van der Waals surface area contributed by atoms with Gasteiger partial charge < -0.3 is 75.1 Å². The molecule has 1 aliphatic heterocycles. The fourth-order valence-corrected chi connectivity index (χ4v) is 8.08. The van der Waals surface area contributed by atoms with Gasteiger partial charge in [-0.2, -0.15) is 0 Å². The molecule has 0 radical (unpaired) electrons. The Hall–Kier alpha value is -8.81. The lowest BCUT2D eigenvalue weighted by atomic mass is 10.0. The van der Waals surface area contributed by atoms with Crippen molar-refractivity contribution >= 4 is 77.0 Å². The third-order valence-electron chi connectivity index (χ3n) is 12.2. The minimum Gasteiger partial charge on any atom is -0.481 e. The Balaban J connectivity index is 1.87. The van der Waals surface area contributed by atoms with E-state index in [4.69, 9.17) is 22.3 Å². The van der Waals surface area contributed by atoms with Crippen LogP contribution in [-0.2, 0) is 83.5 Å². The zero-order valence-corrected chi connectivity index (χ0v) is 44.5. The second-order valence-electron chi connectivity index (χ2n) is 18.9. The van der Waals surface area contributed by atoms with Gasteiger partial charge in [0.1, 0.15) is 36.3 Å². The number of carboxylic acids is 3. The molecule has 442 valence electrons. The molecule has 80 heavy (non-hydrogen) atoms. The fraction of sp³-hybridized carbons (Fsp3) is 0.638. The highest BCUT2D eigenvalue weighted by atomic mass is 16.4. The Bertz CT molecular complexity index is 2500. The van der Waals surface area contributed by atoms with Crippen LogP contribution in [0.2, 0.25) is 0 Å². The van der Waals surface area contributed by atoms with Crippen LogP contribution in [0.5, 0.6) is 0 Å². The van der Waals surface area contributed by atoms with E-state index >= 15 is 0 Å². The van der Waals surface area contributed by atoms with Crippen molar-refractivity contribution in [3.8, 4) is 0 Å². The number of guanidine groups is 1. The minimum absolute atomic E-state index is 0.00727.